The van der Waals surface area contributed by atoms with Crippen LogP contribution in [0.25, 0.3) is 10.9 Å². The molecule has 0 atom stereocenters. The summed E-state index contributed by atoms with van der Waals surface area (Å²) in [6, 6.07) is 11.8. The van der Waals surface area contributed by atoms with Crippen molar-refractivity contribution in [1.29, 1.82) is 0 Å². The quantitative estimate of drug-likeness (QED) is 0.565. The lowest BCUT2D eigenvalue weighted by Gasteiger charge is -2.19. The second-order valence-corrected chi connectivity index (χ2v) is 4.90. The van der Waals surface area contributed by atoms with Crippen molar-refractivity contribution in [2.75, 3.05) is 17.4 Å². The molecule has 3 aromatic rings. The molecule has 21 heavy (non-hydrogen) atoms. The molecule has 108 valence electrons. The molecule has 0 unspecified atom stereocenters. The van der Waals surface area contributed by atoms with Gasteiger partial charge < -0.3 is 9.32 Å². The Bertz CT molecular complexity index is 768. The number of furan rings is 1. The number of fused-ring (bicyclic) bond motifs is 1. The van der Waals surface area contributed by atoms with Crippen LogP contribution >= 0.6 is 0 Å². The fraction of sp³-hybridized carbons (Fsp3) is 0.200. The largest absolute Gasteiger partial charge is 0.464 e. The summed E-state index contributed by atoms with van der Waals surface area (Å²) < 4.78 is 5.62. The summed E-state index contributed by atoms with van der Waals surface area (Å²) in [7, 11) is 1.97. The van der Waals surface area contributed by atoms with Crippen LogP contribution in [0.4, 0.5) is 11.8 Å². The lowest BCUT2D eigenvalue weighted by atomic mass is 10.2. The Kier molecular flexibility index (Phi) is 3.45. The van der Waals surface area contributed by atoms with Crippen LogP contribution in [0.1, 0.15) is 11.5 Å². The van der Waals surface area contributed by atoms with Crippen LogP contribution in [0.5, 0.6) is 0 Å². The van der Waals surface area contributed by atoms with Gasteiger partial charge in [0.2, 0.25) is 5.95 Å². The highest BCUT2D eigenvalue weighted by Crippen LogP contribution is 2.25. The van der Waals surface area contributed by atoms with Crippen molar-refractivity contribution in [3.8, 4) is 0 Å². The van der Waals surface area contributed by atoms with E-state index in [1.54, 1.807) is 0 Å². The van der Waals surface area contributed by atoms with Crippen LogP contribution in [0.3, 0.4) is 0 Å². The summed E-state index contributed by atoms with van der Waals surface area (Å²) in [5.41, 5.74) is 3.36. The smallest absolute Gasteiger partial charge is 0.239 e. The molecule has 0 aliphatic rings. The Balaban J connectivity index is 2.01. The molecule has 2 aromatic heterocycles. The number of aromatic nitrogens is 2. The van der Waals surface area contributed by atoms with Gasteiger partial charge in [0.25, 0.3) is 0 Å². The lowest BCUT2D eigenvalue weighted by molar-refractivity contribution is 0.481. The van der Waals surface area contributed by atoms with E-state index in [0.717, 1.165) is 28.2 Å². The molecule has 6 nitrogen and oxygen atoms in total. The fourth-order valence-corrected chi connectivity index (χ4v) is 2.29. The van der Waals surface area contributed by atoms with Crippen LogP contribution in [-0.4, -0.2) is 17.0 Å². The second kappa shape index (κ2) is 5.41. The van der Waals surface area contributed by atoms with Gasteiger partial charge in [0, 0.05) is 12.4 Å². The van der Waals surface area contributed by atoms with Gasteiger partial charge in [-0.3, -0.25) is 5.43 Å². The number of hydrogen-bond acceptors (Lipinski definition) is 6. The first kappa shape index (κ1) is 13.4. The molecule has 0 fully saturated rings. The lowest BCUT2D eigenvalue weighted by Crippen LogP contribution is -2.20. The normalized spacial score (nSPS) is 10.8. The van der Waals surface area contributed by atoms with E-state index in [0.29, 0.717) is 12.5 Å². The molecule has 0 amide bonds. The third-order valence-electron chi connectivity index (χ3n) is 3.26. The van der Waals surface area contributed by atoms with Crippen LogP contribution in [-0.2, 0) is 6.54 Å². The third kappa shape index (κ3) is 2.66. The van der Waals surface area contributed by atoms with Gasteiger partial charge in [-0.2, -0.15) is 4.98 Å². The van der Waals surface area contributed by atoms with Crippen LogP contribution in [0.15, 0.2) is 40.8 Å². The zero-order valence-corrected chi connectivity index (χ0v) is 12.0. The second-order valence-electron chi connectivity index (χ2n) is 4.90. The van der Waals surface area contributed by atoms with Crippen molar-refractivity contribution in [1.82, 2.24) is 9.97 Å². The predicted molar refractivity (Wildman–Crippen MR) is 82.9 cm³/mol. The highest BCUT2D eigenvalue weighted by molar-refractivity contribution is 5.90. The van der Waals surface area contributed by atoms with E-state index in [9.17, 15) is 0 Å². The van der Waals surface area contributed by atoms with Crippen molar-refractivity contribution < 1.29 is 4.42 Å². The Hall–Kier alpha value is -2.60. The Labute approximate surface area is 122 Å². The van der Waals surface area contributed by atoms with Crippen molar-refractivity contribution in [2.45, 2.75) is 13.5 Å². The number of benzene rings is 1. The van der Waals surface area contributed by atoms with Gasteiger partial charge in [-0.25, -0.2) is 10.8 Å². The van der Waals surface area contributed by atoms with Crippen molar-refractivity contribution in [3.05, 3.63) is 47.9 Å². The van der Waals surface area contributed by atoms with E-state index >= 15 is 0 Å². The average molecular weight is 283 g/mol. The first-order valence-electron chi connectivity index (χ1n) is 6.67. The zero-order chi connectivity index (χ0) is 14.8. The molecule has 0 aliphatic carbocycles. The van der Waals surface area contributed by atoms with E-state index < -0.39 is 0 Å². The number of hydrogen-bond donors (Lipinski definition) is 2. The molecule has 0 bridgehead atoms. The SMILES string of the molecule is Cc1ccc(CN(C)c2nc(NN)nc3ccccc23)o1. The predicted octanol–water partition coefficient (Wildman–Crippen LogP) is 2.45. The van der Waals surface area contributed by atoms with E-state index in [1.807, 2.05) is 55.3 Å². The minimum Gasteiger partial charge on any atom is -0.464 e. The van der Waals surface area contributed by atoms with Crippen LogP contribution in [0, 0.1) is 6.92 Å². The first-order valence-corrected chi connectivity index (χ1v) is 6.67. The molecule has 3 N–H and O–H groups in total. The van der Waals surface area contributed by atoms with E-state index in [1.165, 1.54) is 0 Å². The van der Waals surface area contributed by atoms with E-state index in [2.05, 4.69) is 15.4 Å². The monoisotopic (exact) mass is 283 g/mol. The Morgan fingerprint density at radius 3 is 2.71 bits per heavy atom. The van der Waals surface area contributed by atoms with Gasteiger partial charge in [0.05, 0.1) is 12.1 Å². The van der Waals surface area contributed by atoms with E-state index in [4.69, 9.17) is 10.3 Å². The molecule has 0 radical (unpaired) electrons. The average Bonchev–Trinajstić information content (AvgIpc) is 2.91. The number of nitrogen functional groups attached to an aromatic ring is 1. The summed E-state index contributed by atoms with van der Waals surface area (Å²) in [5.74, 6) is 8.44. The van der Waals surface area contributed by atoms with Crippen LogP contribution < -0.4 is 16.2 Å². The molecule has 3 rings (SSSR count). The van der Waals surface area contributed by atoms with Gasteiger partial charge >= 0.3 is 0 Å². The van der Waals surface area contributed by atoms with Crippen molar-refractivity contribution in [2.24, 2.45) is 5.84 Å². The zero-order valence-electron chi connectivity index (χ0n) is 12.0. The number of nitrogens with zero attached hydrogens (tertiary/aromatic N) is 3. The Morgan fingerprint density at radius 2 is 2.00 bits per heavy atom. The summed E-state index contributed by atoms with van der Waals surface area (Å²) in [6.45, 7) is 2.55. The molecule has 2 heterocycles. The summed E-state index contributed by atoms with van der Waals surface area (Å²) in [6.07, 6.45) is 0. The first-order chi connectivity index (χ1) is 10.2. The fourth-order valence-electron chi connectivity index (χ4n) is 2.29. The van der Waals surface area contributed by atoms with Gasteiger partial charge in [-0.1, -0.05) is 12.1 Å². The Morgan fingerprint density at radius 1 is 1.19 bits per heavy atom. The van der Waals surface area contributed by atoms with Gasteiger partial charge in [0.1, 0.15) is 17.3 Å². The van der Waals surface area contributed by atoms with Gasteiger partial charge in [-0.15, -0.1) is 0 Å². The summed E-state index contributed by atoms with van der Waals surface area (Å²) in [5, 5.41) is 0.974. The molecule has 0 saturated carbocycles. The number of para-hydroxylation sites is 1. The number of anilines is 2. The number of aryl methyl sites for hydroxylation is 1. The standard InChI is InChI=1S/C15H17N5O/c1-10-7-8-11(21-10)9-20(2)14-12-5-3-4-6-13(12)17-15(18-14)19-16/h3-8H,9,16H2,1-2H3,(H,17,18,19). The molecular formula is C15H17N5O. The highest BCUT2D eigenvalue weighted by Gasteiger charge is 2.12. The maximum absolute atomic E-state index is 5.62. The summed E-state index contributed by atoms with van der Waals surface area (Å²) in [4.78, 5) is 10.8. The van der Waals surface area contributed by atoms with Gasteiger partial charge in [0.15, 0.2) is 0 Å². The number of nitrogens with two attached hydrogens (primary N) is 1. The molecule has 6 heteroatoms. The topological polar surface area (TPSA) is 80.2 Å². The third-order valence-corrected chi connectivity index (χ3v) is 3.26. The van der Waals surface area contributed by atoms with E-state index in [-0.39, 0.29) is 0 Å². The maximum Gasteiger partial charge on any atom is 0.239 e. The number of nitrogens with one attached hydrogen (secondary N) is 1. The van der Waals surface area contributed by atoms with Crippen molar-refractivity contribution in [3.63, 3.8) is 0 Å². The highest BCUT2D eigenvalue weighted by atomic mass is 16.3. The molecule has 0 saturated heterocycles. The molecule has 0 aliphatic heterocycles. The summed E-state index contributed by atoms with van der Waals surface area (Å²) >= 11 is 0. The molecule has 0 spiro atoms. The minimum atomic E-state index is 0.395. The minimum absolute atomic E-state index is 0.395. The van der Waals surface area contributed by atoms with Crippen molar-refractivity contribution >= 4 is 22.7 Å². The maximum atomic E-state index is 5.62. The number of rotatable bonds is 4. The molecular weight excluding hydrogens is 266 g/mol. The molecule has 1 aromatic carbocycles. The van der Waals surface area contributed by atoms with Crippen LogP contribution in [0.2, 0.25) is 0 Å². The van der Waals surface area contributed by atoms with Gasteiger partial charge in [-0.05, 0) is 31.2 Å². The number of hydrazine groups is 1.